The zero-order valence-electron chi connectivity index (χ0n) is 13.5. The first kappa shape index (κ1) is 16.6. The van der Waals surface area contributed by atoms with Gasteiger partial charge in [0.05, 0.1) is 16.5 Å². The Morgan fingerprint density at radius 2 is 2.08 bits per heavy atom. The van der Waals surface area contributed by atoms with Gasteiger partial charge in [-0.05, 0) is 37.3 Å². The predicted molar refractivity (Wildman–Crippen MR) is 96.8 cm³/mol. The zero-order chi connectivity index (χ0) is 18.4. The molecule has 0 saturated heterocycles. The van der Waals surface area contributed by atoms with E-state index >= 15 is 0 Å². The van der Waals surface area contributed by atoms with Gasteiger partial charge < -0.3 is 14.9 Å². The van der Waals surface area contributed by atoms with Crippen LogP contribution in [0.5, 0.6) is 5.88 Å². The Balaban J connectivity index is 1.86. The number of rotatable bonds is 2. The van der Waals surface area contributed by atoms with Crippen molar-refractivity contribution >= 4 is 23.2 Å². The van der Waals surface area contributed by atoms with Crippen LogP contribution in [0.25, 0.3) is 11.3 Å². The van der Waals surface area contributed by atoms with Crippen LogP contribution in [0.15, 0.2) is 46.2 Å². The third-order valence-corrected chi connectivity index (χ3v) is 4.80. The standard InChI is InChI=1S/C18H12Cl2N4O2/c1-8-15-16(11(7-21)17(22)26-18(15)24-23-8)14-5-4-13(25-14)10-6-9(19)2-3-12(10)20/h2-6,16H,22H2,1H3,(H,23,24). The molecule has 0 fully saturated rings. The van der Waals surface area contributed by atoms with Crippen LogP contribution in [-0.4, -0.2) is 10.2 Å². The molecule has 4 rings (SSSR count). The van der Waals surface area contributed by atoms with Crippen molar-refractivity contribution < 1.29 is 9.15 Å². The van der Waals surface area contributed by atoms with Crippen LogP contribution in [0.4, 0.5) is 0 Å². The number of allylic oxidation sites excluding steroid dienone is 1. The maximum atomic E-state index is 9.57. The first-order valence-corrected chi connectivity index (χ1v) is 8.42. The molecule has 1 aliphatic rings. The summed E-state index contributed by atoms with van der Waals surface area (Å²) in [5.74, 6) is 0.898. The summed E-state index contributed by atoms with van der Waals surface area (Å²) in [5, 5.41) is 17.6. The Kier molecular flexibility index (Phi) is 3.91. The van der Waals surface area contributed by atoms with Gasteiger partial charge in [-0.25, -0.2) is 0 Å². The van der Waals surface area contributed by atoms with Gasteiger partial charge in [0, 0.05) is 16.3 Å². The molecule has 1 aromatic carbocycles. The Hall–Kier alpha value is -2.88. The van der Waals surface area contributed by atoms with Crippen molar-refractivity contribution in [2.75, 3.05) is 0 Å². The van der Waals surface area contributed by atoms with Gasteiger partial charge in [0.2, 0.25) is 11.8 Å². The monoisotopic (exact) mass is 386 g/mol. The minimum atomic E-state index is -0.519. The second-order valence-electron chi connectivity index (χ2n) is 5.82. The molecule has 1 aliphatic heterocycles. The van der Waals surface area contributed by atoms with Gasteiger partial charge in [-0.15, -0.1) is 5.10 Å². The fourth-order valence-electron chi connectivity index (χ4n) is 3.02. The van der Waals surface area contributed by atoms with Crippen LogP contribution in [0.2, 0.25) is 10.0 Å². The van der Waals surface area contributed by atoms with Crippen molar-refractivity contribution in [3.05, 3.63) is 68.9 Å². The number of ether oxygens (including phenoxy) is 1. The molecule has 0 amide bonds. The first-order valence-electron chi connectivity index (χ1n) is 7.67. The topological polar surface area (TPSA) is 101 Å². The Labute approximate surface area is 158 Å². The second kappa shape index (κ2) is 6.13. The molecule has 2 aromatic heterocycles. The Morgan fingerprint density at radius 3 is 2.85 bits per heavy atom. The number of hydrogen-bond donors (Lipinski definition) is 2. The van der Waals surface area contributed by atoms with E-state index < -0.39 is 5.92 Å². The predicted octanol–water partition coefficient (Wildman–Crippen LogP) is 4.50. The van der Waals surface area contributed by atoms with Crippen molar-refractivity contribution in [3.63, 3.8) is 0 Å². The summed E-state index contributed by atoms with van der Waals surface area (Å²) in [6.45, 7) is 1.84. The molecule has 0 bridgehead atoms. The molecule has 0 spiro atoms. The molecule has 130 valence electrons. The maximum Gasteiger partial charge on any atom is 0.244 e. The van der Waals surface area contributed by atoms with E-state index in [-0.39, 0.29) is 11.5 Å². The van der Waals surface area contributed by atoms with Gasteiger partial charge in [0.1, 0.15) is 23.2 Å². The average molecular weight is 387 g/mol. The number of aromatic nitrogens is 2. The molecule has 3 heterocycles. The van der Waals surface area contributed by atoms with Crippen LogP contribution >= 0.6 is 23.2 Å². The highest BCUT2D eigenvalue weighted by atomic mass is 35.5. The van der Waals surface area contributed by atoms with Crippen molar-refractivity contribution in [2.24, 2.45) is 5.73 Å². The van der Waals surface area contributed by atoms with Crippen LogP contribution in [-0.2, 0) is 0 Å². The van der Waals surface area contributed by atoms with E-state index in [0.717, 1.165) is 5.69 Å². The summed E-state index contributed by atoms with van der Waals surface area (Å²) in [4.78, 5) is 0. The summed E-state index contributed by atoms with van der Waals surface area (Å²) in [6, 6.07) is 10.8. The van der Waals surface area contributed by atoms with Crippen molar-refractivity contribution in [1.29, 1.82) is 5.26 Å². The van der Waals surface area contributed by atoms with Gasteiger partial charge in [0.15, 0.2) is 0 Å². The Bertz CT molecular complexity index is 1090. The molecule has 0 radical (unpaired) electrons. The smallest absolute Gasteiger partial charge is 0.244 e. The summed E-state index contributed by atoms with van der Waals surface area (Å²) in [6.07, 6.45) is 0. The molecule has 6 nitrogen and oxygen atoms in total. The number of nitrogens with one attached hydrogen (secondary N) is 1. The van der Waals surface area contributed by atoms with Crippen molar-refractivity contribution in [1.82, 2.24) is 10.2 Å². The highest BCUT2D eigenvalue weighted by molar-refractivity contribution is 6.35. The summed E-state index contributed by atoms with van der Waals surface area (Å²) >= 11 is 12.3. The third-order valence-electron chi connectivity index (χ3n) is 4.23. The van der Waals surface area contributed by atoms with E-state index in [1.165, 1.54) is 0 Å². The highest BCUT2D eigenvalue weighted by Crippen LogP contribution is 2.44. The zero-order valence-corrected chi connectivity index (χ0v) is 15.0. The van der Waals surface area contributed by atoms with E-state index in [4.69, 9.17) is 38.1 Å². The summed E-state index contributed by atoms with van der Waals surface area (Å²) in [7, 11) is 0. The quantitative estimate of drug-likeness (QED) is 0.674. The third kappa shape index (κ3) is 2.53. The van der Waals surface area contributed by atoms with E-state index in [1.54, 1.807) is 30.3 Å². The number of nitrogens with two attached hydrogens (primary N) is 1. The number of benzene rings is 1. The molecular formula is C18H12Cl2N4O2. The number of fused-ring (bicyclic) bond motifs is 1. The molecule has 0 aliphatic carbocycles. The number of nitriles is 1. The van der Waals surface area contributed by atoms with Crippen molar-refractivity contribution in [2.45, 2.75) is 12.8 Å². The van der Waals surface area contributed by atoms with Gasteiger partial charge >= 0.3 is 0 Å². The lowest BCUT2D eigenvalue weighted by molar-refractivity contribution is 0.371. The fourth-order valence-corrected chi connectivity index (χ4v) is 3.40. The molecule has 3 N–H and O–H groups in total. The number of H-pyrrole nitrogens is 1. The fraction of sp³-hybridized carbons (Fsp3) is 0.111. The minimum absolute atomic E-state index is 0.00948. The lowest BCUT2D eigenvalue weighted by Gasteiger charge is -2.21. The van der Waals surface area contributed by atoms with Gasteiger partial charge in [-0.1, -0.05) is 23.2 Å². The number of aryl methyl sites for hydroxylation is 1. The Morgan fingerprint density at radius 1 is 1.27 bits per heavy atom. The van der Waals surface area contributed by atoms with E-state index in [0.29, 0.717) is 38.6 Å². The highest BCUT2D eigenvalue weighted by Gasteiger charge is 2.36. The van der Waals surface area contributed by atoms with Gasteiger partial charge in [0.25, 0.3) is 0 Å². The number of halogens is 2. The van der Waals surface area contributed by atoms with Gasteiger partial charge in [-0.3, -0.25) is 5.10 Å². The largest absolute Gasteiger partial charge is 0.460 e. The first-order chi connectivity index (χ1) is 12.5. The van der Waals surface area contributed by atoms with Crippen LogP contribution in [0.1, 0.15) is 22.9 Å². The molecular weight excluding hydrogens is 375 g/mol. The molecule has 26 heavy (non-hydrogen) atoms. The van der Waals surface area contributed by atoms with E-state index in [9.17, 15) is 5.26 Å². The minimum Gasteiger partial charge on any atom is -0.460 e. The molecule has 3 aromatic rings. The van der Waals surface area contributed by atoms with Crippen molar-refractivity contribution in [3.8, 4) is 23.3 Å². The SMILES string of the molecule is Cc1[nH]nc2c1C(c1ccc(-c3cc(Cl)ccc3Cl)o1)C(C#N)=C(N)O2. The molecule has 1 unspecified atom stereocenters. The van der Waals surface area contributed by atoms with Gasteiger partial charge in [-0.2, -0.15) is 5.26 Å². The summed E-state index contributed by atoms with van der Waals surface area (Å²) in [5.41, 5.74) is 8.32. The molecule has 0 saturated carbocycles. The van der Waals surface area contributed by atoms with Crippen LogP contribution < -0.4 is 10.5 Å². The summed E-state index contributed by atoms with van der Waals surface area (Å²) < 4.78 is 11.5. The number of nitrogens with zero attached hydrogens (tertiary/aromatic N) is 2. The second-order valence-corrected chi connectivity index (χ2v) is 6.66. The molecule has 8 heteroatoms. The van der Waals surface area contributed by atoms with Crippen LogP contribution in [0.3, 0.4) is 0 Å². The lowest BCUT2D eigenvalue weighted by atomic mass is 9.88. The maximum absolute atomic E-state index is 9.57. The normalized spacial score (nSPS) is 16.2. The van der Waals surface area contributed by atoms with Crippen LogP contribution in [0, 0.1) is 18.3 Å². The van der Waals surface area contributed by atoms with E-state index in [2.05, 4.69) is 16.3 Å². The molecule has 1 atom stereocenters. The number of hydrogen-bond acceptors (Lipinski definition) is 5. The average Bonchev–Trinajstić information content (AvgIpc) is 3.23. The number of aromatic amines is 1. The van der Waals surface area contributed by atoms with E-state index in [1.807, 2.05) is 6.92 Å². The number of furan rings is 1. The lowest BCUT2D eigenvalue weighted by Crippen LogP contribution is -2.20.